The molecule has 5 rings (SSSR count). The van der Waals surface area contributed by atoms with Gasteiger partial charge in [-0.05, 0) is 42.8 Å². The Morgan fingerprint density at radius 3 is 2.24 bits per heavy atom. The molecule has 0 atom stereocenters. The van der Waals surface area contributed by atoms with Crippen molar-refractivity contribution in [2.24, 2.45) is 0 Å². The summed E-state index contributed by atoms with van der Waals surface area (Å²) < 4.78 is 0. The van der Waals surface area contributed by atoms with Crippen molar-refractivity contribution in [3.8, 4) is 11.3 Å². The summed E-state index contributed by atoms with van der Waals surface area (Å²) in [5, 5.41) is 2.49. The SMILES string of the molecule is c1ccc2cc(-c3cncc(N4CCN(CCN5CCCC5)CC4)n3)ccc2c1. The Bertz CT molecular complexity index is 958. The molecule has 3 aromatic rings. The van der Waals surface area contributed by atoms with E-state index in [4.69, 9.17) is 4.98 Å². The molecule has 5 nitrogen and oxygen atoms in total. The van der Waals surface area contributed by atoms with Gasteiger partial charge in [0.05, 0.1) is 18.1 Å². The van der Waals surface area contributed by atoms with E-state index in [0.717, 1.165) is 43.3 Å². The van der Waals surface area contributed by atoms with Gasteiger partial charge in [0.1, 0.15) is 5.82 Å². The average Bonchev–Trinajstić information content (AvgIpc) is 3.32. The van der Waals surface area contributed by atoms with E-state index in [1.165, 1.54) is 49.8 Å². The molecule has 3 heterocycles. The number of rotatable bonds is 5. The van der Waals surface area contributed by atoms with Crippen LogP contribution in [0.1, 0.15) is 12.8 Å². The fraction of sp³-hybridized carbons (Fsp3) is 0.417. The molecule has 1 aromatic heterocycles. The molecule has 29 heavy (non-hydrogen) atoms. The molecule has 150 valence electrons. The number of anilines is 1. The first-order chi connectivity index (χ1) is 14.3. The van der Waals surface area contributed by atoms with Gasteiger partial charge in [-0.15, -0.1) is 0 Å². The summed E-state index contributed by atoms with van der Waals surface area (Å²) in [5.74, 6) is 0.995. The highest BCUT2D eigenvalue weighted by atomic mass is 15.3. The lowest BCUT2D eigenvalue weighted by Crippen LogP contribution is -2.48. The summed E-state index contributed by atoms with van der Waals surface area (Å²) in [6.07, 6.45) is 6.53. The van der Waals surface area contributed by atoms with Gasteiger partial charge in [-0.1, -0.05) is 36.4 Å². The summed E-state index contributed by atoms with van der Waals surface area (Å²) in [6.45, 7) is 9.25. The van der Waals surface area contributed by atoms with Crippen LogP contribution in [0.25, 0.3) is 22.0 Å². The van der Waals surface area contributed by atoms with Crippen LogP contribution in [0.4, 0.5) is 5.82 Å². The van der Waals surface area contributed by atoms with Gasteiger partial charge in [-0.25, -0.2) is 4.98 Å². The Labute approximate surface area is 173 Å². The minimum atomic E-state index is 0.949. The summed E-state index contributed by atoms with van der Waals surface area (Å²) in [7, 11) is 0. The first-order valence-corrected chi connectivity index (χ1v) is 10.9. The van der Waals surface area contributed by atoms with Crippen LogP contribution < -0.4 is 4.90 Å². The fourth-order valence-corrected chi connectivity index (χ4v) is 4.49. The summed E-state index contributed by atoms with van der Waals surface area (Å²) in [4.78, 5) is 17.0. The van der Waals surface area contributed by atoms with Crippen LogP contribution in [-0.4, -0.2) is 72.1 Å². The van der Waals surface area contributed by atoms with Crippen LogP contribution in [0.3, 0.4) is 0 Å². The van der Waals surface area contributed by atoms with Crippen molar-refractivity contribution in [1.29, 1.82) is 0 Å². The summed E-state index contributed by atoms with van der Waals surface area (Å²) in [6, 6.07) is 15.0. The zero-order valence-electron chi connectivity index (χ0n) is 17.0. The maximum Gasteiger partial charge on any atom is 0.147 e. The first-order valence-electron chi connectivity index (χ1n) is 10.9. The van der Waals surface area contributed by atoms with Gasteiger partial charge in [-0.3, -0.25) is 9.88 Å². The van der Waals surface area contributed by atoms with E-state index < -0.39 is 0 Å². The molecule has 0 radical (unpaired) electrons. The number of fused-ring (bicyclic) bond motifs is 1. The molecule has 2 aromatic carbocycles. The molecule has 2 saturated heterocycles. The van der Waals surface area contributed by atoms with Crippen LogP contribution in [0, 0.1) is 0 Å². The van der Waals surface area contributed by atoms with Crippen LogP contribution >= 0.6 is 0 Å². The van der Waals surface area contributed by atoms with Gasteiger partial charge in [0, 0.05) is 44.8 Å². The Kier molecular flexibility index (Phi) is 5.41. The highest BCUT2D eigenvalue weighted by molar-refractivity contribution is 5.86. The molecule has 0 amide bonds. The minimum Gasteiger partial charge on any atom is -0.353 e. The number of nitrogens with zero attached hydrogens (tertiary/aromatic N) is 5. The van der Waals surface area contributed by atoms with E-state index in [-0.39, 0.29) is 0 Å². The Morgan fingerprint density at radius 2 is 1.45 bits per heavy atom. The third-order valence-electron chi connectivity index (χ3n) is 6.29. The van der Waals surface area contributed by atoms with Gasteiger partial charge in [0.15, 0.2) is 0 Å². The average molecular weight is 388 g/mol. The van der Waals surface area contributed by atoms with Crippen LogP contribution in [-0.2, 0) is 0 Å². The molecule has 0 bridgehead atoms. The van der Waals surface area contributed by atoms with Crippen molar-refractivity contribution in [3.63, 3.8) is 0 Å². The van der Waals surface area contributed by atoms with Gasteiger partial charge in [0.2, 0.25) is 0 Å². The van der Waals surface area contributed by atoms with E-state index >= 15 is 0 Å². The van der Waals surface area contributed by atoms with Crippen molar-refractivity contribution >= 4 is 16.6 Å². The molecule has 2 fully saturated rings. The lowest BCUT2D eigenvalue weighted by Gasteiger charge is -2.36. The molecule has 2 aliphatic rings. The van der Waals surface area contributed by atoms with E-state index in [0.29, 0.717) is 0 Å². The normalized spacial score (nSPS) is 18.6. The molecule has 0 aliphatic carbocycles. The number of benzene rings is 2. The van der Waals surface area contributed by atoms with Gasteiger partial charge >= 0.3 is 0 Å². The van der Waals surface area contributed by atoms with Crippen LogP contribution in [0.5, 0.6) is 0 Å². The fourth-order valence-electron chi connectivity index (χ4n) is 4.49. The third-order valence-corrected chi connectivity index (χ3v) is 6.29. The summed E-state index contributed by atoms with van der Waals surface area (Å²) >= 11 is 0. The molecule has 0 N–H and O–H groups in total. The highest BCUT2D eigenvalue weighted by Crippen LogP contribution is 2.24. The lowest BCUT2D eigenvalue weighted by atomic mass is 10.1. The largest absolute Gasteiger partial charge is 0.353 e. The number of hydrogen-bond donors (Lipinski definition) is 0. The van der Waals surface area contributed by atoms with Crippen molar-refractivity contribution < 1.29 is 0 Å². The lowest BCUT2D eigenvalue weighted by molar-refractivity contribution is 0.215. The Balaban J connectivity index is 1.24. The second-order valence-corrected chi connectivity index (χ2v) is 8.20. The van der Waals surface area contributed by atoms with Crippen molar-refractivity contribution in [2.75, 3.05) is 57.3 Å². The number of piperazine rings is 1. The van der Waals surface area contributed by atoms with Crippen molar-refractivity contribution in [3.05, 3.63) is 54.9 Å². The molecule has 5 heteroatoms. The topological polar surface area (TPSA) is 35.5 Å². The van der Waals surface area contributed by atoms with Crippen LogP contribution in [0.2, 0.25) is 0 Å². The predicted octanol–water partition coefficient (Wildman–Crippen LogP) is 3.51. The molecule has 2 aliphatic heterocycles. The number of aromatic nitrogens is 2. The molecule has 0 saturated carbocycles. The smallest absolute Gasteiger partial charge is 0.147 e. The quantitative estimate of drug-likeness (QED) is 0.669. The zero-order chi connectivity index (χ0) is 19.5. The van der Waals surface area contributed by atoms with E-state index in [1.807, 2.05) is 12.4 Å². The number of hydrogen-bond acceptors (Lipinski definition) is 5. The minimum absolute atomic E-state index is 0.949. The van der Waals surface area contributed by atoms with Crippen LogP contribution in [0.15, 0.2) is 54.9 Å². The molecular weight excluding hydrogens is 358 g/mol. The van der Waals surface area contributed by atoms with E-state index in [1.54, 1.807) is 0 Å². The van der Waals surface area contributed by atoms with E-state index in [9.17, 15) is 0 Å². The standard InChI is InChI=1S/C24H29N5/c1-2-6-21-17-22(8-7-20(21)5-1)23-18-25-19-24(26-23)29-15-13-28(14-16-29)12-11-27-9-3-4-10-27/h1-2,5-8,17-19H,3-4,9-16H2. The molecular formula is C24H29N5. The maximum atomic E-state index is 4.94. The first kappa shape index (κ1) is 18.5. The van der Waals surface area contributed by atoms with Crippen molar-refractivity contribution in [1.82, 2.24) is 19.8 Å². The summed E-state index contributed by atoms with van der Waals surface area (Å²) in [5.41, 5.74) is 2.08. The Hall–Kier alpha value is -2.50. The van der Waals surface area contributed by atoms with Gasteiger partial charge < -0.3 is 9.80 Å². The molecule has 0 spiro atoms. The zero-order valence-corrected chi connectivity index (χ0v) is 17.0. The molecule has 0 unspecified atom stereocenters. The number of likely N-dealkylation sites (tertiary alicyclic amines) is 1. The second-order valence-electron chi connectivity index (χ2n) is 8.20. The predicted molar refractivity (Wildman–Crippen MR) is 119 cm³/mol. The van der Waals surface area contributed by atoms with E-state index in [2.05, 4.69) is 62.1 Å². The second kappa shape index (κ2) is 8.47. The maximum absolute atomic E-state index is 4.94. The Morgan fingerprint density at radius 1 is 0.724 bits per heavy atom. The third kappa shape index (κ3) is 4.26. The highest BCUT2D eigenvalue weighted by Gasteiger charge is 2.20. The monoisotopic (exact) mass is 387 g/mol. The van der Waals surface area contributed by atoms with Gasteiger partial charge in [-0.2, -0.15) is 0 Å². The van der Waals surface area contributed by atoms with Gasteiger partial charge in [0.25, 0.3) is 0 Å². The van der Waals surface area contributed by atoms with Crippen molar-refractivity contribution in [2.45, 2.75) is 12.8 Å².